The summed E-state index contributed by atoms with van der Waals surface area (Å²) < 4.78 is 0. The first-order valence-corrected chi connectivity index (χ1v) is 10.8. The Bertz CT molecular complexity index is 1240. The number of anilines is 2. The summed E-state index contributed by atoms with van der Waals surface area (Å²) in [5, 5.41) is 9.95. The van der Waals surface area contributed by atoms with Crippen molar-refractivity contribution in [3.63, 3.8) is 0 Å². The lowest BCUT2D eigenvalue weighted by molar-refractivity contribution is 0.0957. The Morgan fingerprint density at radius 2 is 1.90 bits per heavy atom. The van der Waals surface area contributed by atoms with Crippen LogP contribution in [-0.4, -0.2) is 28.5 Å². The number of nitrogens with zero attached hydrogens (tertiary/aromatic N) is 1. The molecule has 0 spiro atoms. The van der Waals surface area contributed by atoms with Crippen LogP contribution >= 0.6 is 11.3 Å². The van der Waals surface area contributed by atoms with Gasteiger partial charge in [0.05, 0.1) is 5.69 Å². The molecule has 0 unspecified atom stereocenters. The summed E-state index contributed by atoms with van der Waals surface area (Å²) in [5.41, 5.74) is 4.57. The first-order valence-electron chi connectivity index (χ1n) is 9.95. The van der Waals surface area contributed by atoms with E-state index in [4.69, 9.17) is 0 Å². The van der Waals surface area contributed by atoms with Crippen LogP contribution in [0.5, 0.6) is 0 Å². The van der Waals surface area contributed by atoms with E-state index >= 15 is 0 Å². The number of carbonyl (C=O) groups is 2. The summed E-state index contributed by atoms with van der Waals surface area (Å²) in [6, 6.07) is 15.2. The first kappa shape index (κ1) is 20.6. The smallest absolute Gasteiger partial charge is 0.325 e. The van der Waals surface area contributed by atoms with Gasteiger partial charge in [0.1, 0.15) is 4.88 Å². The number of H-pyrrole nitrogens is 1. The third kappa shape index (κ3) is 4.92. The topological polar surface area (TPSA) is 98.9 Å². The highest BCUT2D eigenvalue weighted by Gasteiger charge is 2.16. The van der Waals surface area contributed by atoms with Gasteiger partial charge in [-0.2, -0.15) is 0 Å². The standard InChI is InChI=1S/C23H23N5O2S/c1-14-6-5-7-17(12-14)27-22(30)28-23-26-15(2)20(31-23)21(29)24-11-10-16-13-25-19-9-4-3-8-18(16)19/h3-9,12-13,25H,10-11H2,1-2H3,(H,24,29)(H2,26,27,28,30). The molecule has 0 aliphatic heterocycles. The summed E-state index contributed by atoms with van der Waals surface area (Å²) in [7, 11) is 0. The number of hydrogen-bond donors (Lipinski definition) is 4. The van der Waals surface area contributed by atoms with Gasteiger partial charge in [-0.3, -0.25) is 10.1 Å². The number of benzene rings is 2. The fraction of sp³-hybridized carbons (Fsp3) is 0.174. The van der Waals surface area contributed by atoms with Gasteiger partial charge in [0, 0.05) is 29.3 Å². The lowest BCUT2D eigenvalue weighted by Gasteiger charge is -2.05. The molecule has 0 fully saturated rings. The number of aromatic nitrogens is 2. The molecule has 2 aromatic heterocycles. The number of thiazole rings is 1. The van der Waals surface area contributed by atoms with Crippen LogP contribution in [0.1, 0.15) is 26.5 Å². The lowest BCUT2D eigenvalue weighted by Crippen LogP contribution is -2.25. The summed E-state index contributed by atoms with van der Waals surface area (Å²) in [4.78, 5) is 32.9. The molecule has 7 nitrogen and oxygen atoms in total. The second-order valence-electron chi connectivity index (χ2n) is 7.25. The molecule has 0 saturated carbocycles. The Balaban J connectivity index is 1.33. The van der Waals surface area contributed by atoms with Crippen LogP contribution in [0, 0.1) is 13.8 Å². The fourth-order valence-electron chi connectivity index (χ4n) is 3.37. The number of nitrogens with one attached hydrogen (secondary N) is 4. The van der Waals surface area contributed by atoms with Crippen molar-refractivity contribution in [3.05, 3.63) is 76.4 Å². The zero-order valence-electron chi connectivity index (χ0n) is 17.3. The number of aromatic amines is 1. The third-order valence-corrected chi connectivity index (χ3v) is 5.93. The summed E-state index contributed by atoms with van der Waals surface area (Å²) >= 11 is 1.16. The maximum absolute atomic E-state index is 12.6. The molecule has 3 amide bonds. The fourth-order valence-corrected chi connectivity index (χ4v) is 4.25. The van der Waals surface area contributed by atoms with Gasteiger partial charge in [0.2, 0.25) is 0 Å². The van der Waals surface area contributed by atoms with Gasteiger partial charge >= 0.3 is 6.03 Å². The van der Waals surface area contributed by atoms with Gasteiger partial charge < -0.3 is 15.6 Å². The predicted octanol–water partition coefficient (Wildman–Crippen LogP) is 4.86. The molecular weight excluding hydrogens is 410 g/mol. The third-order valence-electron chi connectivity index (χ3n) is 4.85. The molecule has 2 aromatic carbocycles. The van der Waals surface area contributed by atoms with E-state index in [9.17, 15) is 9.59 Å². The highest BCUT2D eigenvalue weighted by molar-refractivity contribution is 7.17. The van der Waals surface area contributed by atoms with Crippen molar-refractivity contribution in [3.8, 4) is 0 Å². The molecule has 8 heteroatoms. The van der Waals surface area contributed by atoms with Crippen LogP contribution in [0.25, 0.3) is 10.9 Å². The van der Waals surface area contributed by atoms with E-state index in [1.165, 1.54) is 0 Å². The normalized spacial score (nSPS) is 10.8. The molecule has 0 aliphatic carbocycles. The monoisotopic (exact) mass is 433 g/mol. The lowest BCUT2D eigenvalue weighted by atomic mass is 10.1. The predicted molar refractivity (Wildman–Crippen MR) is 125 cm³/mol. The maximum Gasteiger partial charge on any atom is 0.325 e. The zero-order valence-corrected chi connectivity index (χ0v) is 18.1. The second kappa shape index (κ2) is 9.01. The molecule has 158 valence electrons. The number of hydrogen-bond acceptors (Lipinski definition) is 4. The number of urea groups is 1. The molecule has 4 N–H and O–H groups in total. The molecule has 0 bridgehead atoms. The van der Waals surface area contributed by atoms with Crippen LogP contribution in [-0.2, 0) is 6.42 Å². The molecule has 31 heavy (non-hydrogen) atoms. The van der Waals surface area contributed by atoms with Gasteiger partial charge in [-0.05, 0) is 49.6 Å². The minimum absolute atomic E-state index is 0.193. The van der Waals surface area contributed by atoms with Crippen LogP contribution in [0.3, 0.4) is 0 Å². The van der Waals surface area contributed by atoms with E-state index in [1.807, 2.05) is 55.6 Å². The number of aryl methyl sites for hydroxylation is 2. The number of fused-ring (bicyclic) bond motifs is 1. The average molecular weight is 434 g/mol. The zero-order chi connectivity index (χ0) is 21.8. The summed E-state index contributed by atoms with van der Waals surface area (Å²) in [6.45, 7) is 4.22. The van der Waals surface area contributed by atoms with Crippen molar-refractivity contribution < 1.29 is 9.59 Å². The number of rotatable bonds is 6. The molecule has 0 radical (unpaired) electrons. The highest BCUT2D eigenvalue weighted by atomic mass is 32.1. The number of carbonyl (C=O) groups excluding carboxylic acids is 2. The van der Waals surface area contributed by atoms with Gasteiger partial charge in [0.15, 0.2) is 5.13 Å². The Morgan fingerprint density at radius 1 is 1.06 bits per heavy atom. The van der Waals surface area contributed by atoms with E-state index in [0.717, 1.165) is 39.8 Å². The van der Waals surface area contributed by atoms with Crippen molar-refractivity contribution in [2.24, 2.45) is 0 Å². The largest absolute Gasteiger partial charge is 0.361 e. The summed E-state index contributed by atoms with van der Waals surface area (Å²) in [6.07, 6.45) is 2.70. The van der Waals surface area contributed by atoms with E-state index < -0.39 is 6.03 Å². The molecule has 4 aromatic rings. The quantitative estimate of drug-likeness (QED) is 0.349. The minimum Gasteiger partial charge on any atom is -0.361 e. The average Bonchev–Trinajstić information content (AvgIpc) is 3.31. The van der Waals surface area contributed by atoms with Crippen molar-refractivity contribution in [2.75, 3.05) is 17.2 Å². The number of para-hydroxylation sites is 1. The highest BCUT2D eigenvalue weighted by Crippen LogP contribution is 2.23. The Kier molecular flexibility index (Phi) is 5.99. The van der Waals surface area contributed by atoms with E-state index in [-0.39, 0.29) is 5.91 Å². The van der Waals surface area contributed by atoms with Gasteiger partial charge in [-0.1, -0.05) is 41.7 Å². The van der Waals surface area contributed by atoms with Gasteiger partial charge in [-0.15, -0.1) is 0 Å². The van der Waals surface area contributed by atoms with Crippen molar-refractivity contribution in [1.29, 1.82) is 0 Å². The SMILES string of the molecule is Cc1cccc(NC(=O)Nc2nc(C)c(C(=O)NCCc3c[nH]c4ccccc34)s2)c1. The van der Waals surface area contributed by atoms with Gasteiger partial charge in [-0.25, -0.2) is 9.78 Å². The molecule has 0 aliphatic rings. The van der Waals surface area contributed by atoms with Crippen molar-refractivity contribution >= 4 is 45.0 Å². The second-order valence-corrected chi connectivity index (χ2v) is 8.25. The van der Waals surface area contributed by atoms with E-state index in [1.54, 1.807) is 6.92 Å². The Morgan fingerprint density at radius 3 is 2.74 bits per heavy atom. The Hall–Kier alpha value is -3.65. The van der Waals surface area contributed by atoms with Crippen LogP contribution < -0.4 is 16.0 Å². The molecule has 4 rings (SSSR count). The van der Waals surface area contributed by atoms with Crippen LogP contribution in [0.2, 0.25) is 0 Å². The van der Waals surface area contributed by atoms with E-state index in [2.05, 4.69) is 32.0 Å². The van der Waals surface area contributed by atoms with Gasteiger partial charge in [0.25, 0.3) is 5.91 Å². The van der Waals surface area contributed by atoms with E-state index in [0.29, 0.717) is 27.9 Å². The maximum atomic E-state index is 12.6. The van der Waals surface area contributed by atoms with Crippen LogP contribution in [0.15, 0.2) is 54.7 Å². The molecular formula is C23H23N5O2S. The van der Waals surface area contributed by atoms with Crippen molar-refractivity contribution in [1.82, 2.24) is 15.3 Å². The Labute approximate surface area is 183 Å². The first-order chi connectivity index (χ1) is 15.0. The van der Waals surface area contributed by atoms with Crippen LogP contribution in [0.4, 0.5) is 15.6 Å². The molecule has 0 saturated heterocycles. The molecule has 2 heterocycles. The minimum atomic E-state index is -0.398. The van der Waals surface area contributed by atoms with Crippen molar-refractivity contribution in [2.45, 2.75) is 20.3 Å². The molecule has 0 atom stereocenters. The number of amides is 3. The summed E-state index contributed by atoms with van der Waals surface area (Å²) in [5.74, 6) is -0.193.